The van der Waals surface area contributed by atoms with E-state index in [4.69, 9.17) is 4.74 Å². The summed E-state index contributed by atoms with van der Waals surface area (Å²) < 4.78 is 9.44. The van der Waals surface area contributed by atoms with E-state index in [0.29, 0.717) is 6.61 Å². The molecule has 0 aliphatic heterocycles. The molecule has 0 unspecified atom stereocenters. The highest BCUT2D eigenvalue weighted by Crippen LogP contribution is 2.28. The zero-order valence-electron chi connectivity index (χ0n) is 11.7. The van der Waals surface area contributed by atoms with Gasteiger partial charge in [0, 0.05) is 30.4 Å². The molecule has 2 heterocycles. The van der Waals surface area contributed by atoms with Crippen LogP contribution in [-0.4, -0.2) is 33.2 Å². The second-order valence-electron chi connectivity index (χ2n) is 4.24. The Morgan fingerprint density at radius 3 is 3.14 bits per heavy atom. The van der Waals surface area contributed by atoms with E-state index < -0.39 is 0 Å². The molecule has 1 aromatic carbocycles. The Bertz CT molecular complexity index is 739. The smallest absolute Gasteiger partial charge is 0.166 e. The maximum Gasteiger partial charge on any atom is 0.166 e. The van der Waals surface area contributed by atoms with E-state index in [1.807, 2.05) is 32.2 Å². The second-order valence-corrected chi connectivity index (χ2v) is 5.96. The Labute approximate surface area is 130 Å². The van der Waals surface area contributed by atoms with E-state index >= 15 is 0 Å². The first kappa shape index (κ1) is 14.2. The molecular formula is C13H15N5OS2. The number of aromatic amines is 1. The lowest BCUT2D eigenvalue weighted by Gasteiger charge is -2.00. The Morgan fingerprint density at radius 2 is 2.33 bits per heavy atom. The topological polar surface area (TPSA) is 75.7 Å². The van der Waals surface area contributed by atoms with Crippen molar-refractivity contribution in [3.05, 3.63) is 23.9 Å². The molecule has 2 aromatic heterocycles. The third-order valence-electron chi connectivity index (χ3n) is 2.87. The van der Waals surface area contributed by atoms with Crippen LogP contribution < -0.4 is 10.1 Å². The summed E-state index contributed by atoms with van der Waals surface area (Å²) in [4.78, 5) is 7.86. The highest BCUT2D eigenvalue weighted by molar-refractivity contribution is 7.98. The van der Waals surface area contributed by atoms with Gasteiger partial charge in [0.05, 0.1) is 17.6 Å². The number of thioether (sulfide) groups is 1. The molecule has 0 bridgehead atoms. The van der Waals surface area contributed by atoms with Crippen LogP contribution in [-0.2, 0) is 5.75 Å². The van der Waals surface area contributed by atoms with Crippen molar-refractivity contribution >= 4 is 39.3 Å². The van der Waals surface area contributed by atoms with Gasteiger partial charge in [-0.2, -0.15) is 0 Å². The minimum atomic E-state index is 0.658. The second kappa shape index (κ2) is 6.31. The van der Waals surface area contributed by atoms with Gasteiger partial charge in [0.1, 0.15) is 16.4 Å². The lowest BCUT2D eigenvalue weighted by molar-refractivity contribution is 0.340. The van der Waals surface area contributed by atoms with E-state index in [-0.39, 0.29) is 0 Å². The Hall–Kier alpha value is -1.80. The van der Waals surface area contributed by atoms with Crippen molar-refractivity contribution in [2.45, 2.75) is 17.8 Å². The van der Waals surface area contributed by atoms with Gasteiger partial charge >= 0.3 is 0 Å². The van der Waals surface area contributed by atoms with Crippen molar-refractivity contribution in [2.24, 2.45) is 0 Å². The molecule has 21 heavy (non-hydrogen) atoms. The predicted molar refractivity (Wildman–Crippen MR) is 86.3 cm³/mol. The first-order chi connectivity index (χ1) is 10.3. The van der Waals surface area contributed by atoms with Gasteiger partial charge in [0.25, 0.3) is 0 Å². The maximum atomic E-state index is 5.49. The number of hydrogen-bond donors (Lipinski definition) is 2. The fraction of sp³-hybridized carbons (Fsp3) is 0.308. The minimum absolute atomic E-state index is 0.658. The highest BCUT2D eigenvalue weighted by Gasteiger charge is 2.09. The van der Waals surface area contributed by atoms with Gasteiger partial charge in [-0.15, -0.1) is 5.10 Å². The van der Waals surface area contributed by atoms with Crippen molar-refractivity contribution in [2.75, 3.05) is 19.0 Å². The number of hydrogen-bond acceptors (Lipinski definition) is 7. The van der Waals surface area contributed by atoms with Crippen LogP contribution in [0.4, 0.5) is 5.00 Å². The molecule has 0 aliphatic rings. The molecule has 110 valence electrons. The van der Waals surface area contributed by atoms with Gasteiger partial charge in [-0.3, -0.25) is 0 Å². The fourth-order valence-electron chi connectivity index (χ4n) is 1.92. The van der Waals surface area contributed by atoms with E-state index in [1.54, 1.807) is 11.8 Å². The van der Waals surface area contributed by atoms with Crippen molar-refractivity contribution in [3.63, 3.8) is 0 Å². The molecule has 0 saturated carbocycles. The lowest BCUT2D eigenvalue weighted by atomic mass is 10.3. The average Bonchev–Trinajstić information content (AvgIpc) is 3.10. The van der Waals surface area contributed by atoms with Crippen LogP contribution in [0.5, 0.6) is 5.75 Å². The van der Waals surface area contributed by atoms with Crippen molar-refractivity contribution < 1.29 is 4.74 Å². The predicted octanol–water partition coefficient (Wildman–Crippen LogP) is 3.15. The Morgan fingerprint density at radius 1 is 1.43 bits per heavy atom. The number of fused-ring (bicyclic) bond motifs is 1. The molecule has 2 N–H and O–H groups in total. The fourth-order valence-corrected chi connectivity index (χ4v) is 3.36. The Balaban J connectivity index is 1.75. The van der Waals surface area contributed by atoms with Crippen LogP contribution in [0.25, 0.3) is 11.0 Å². The van der Waals surface area contributed by atoms with Crippen molar-refractivity contribution in [1.29, 1.82) is 0 Å². The quantitative estimate of drug-likeness (QED) is 0.679. The molecule has 0 aliphatic carbocycles. The summed E-state index contributed by atoms with van der Waals surface area (Å²) in [6.07, 6.45) is 0. The van der Waals surface area contributed by atoms with Gasteiger partial charge in [-0.1, -0.05) is 16.3 Å². The SMILES string of the molecule is CCOc1ccc2nc(SCc3nnsc3NC)[nH]c2c1. The molecule has 0 amide bonds. The highest BCUT2D eigenvalue weighted by atomic mass is 32.2. The number of benzene rings is 1. The largest absolute Gasteiger partial charge is 0.494 e. The molecule has 0 saturated heterocycles. The van der Waals surface area contributed by atoms with E-state index in [1.165, 1.54) is 11.5 Å². The van der Waals surface area contributed by atoms with Crippen LogP contribution in [0.2, 0.25) is 0 Å². The number of nitrogens with one attached hydrogen (secondary N) is 2. The lowest BCUT2D eigenvalue weighted by Crippen LogP contribution is -1.91. The van der Waals surface area contributed by atoms with Gasteiger partial charge in [0.2, 0.25) is 0 Å². The number of anilines is 1. The number of ether oxygens (including phenoxy) is 1. The summed E-state index contributed by atoms with van der Waals surface area (Å²) in [7, 11) is 1.87. The number of imidazole rings is 1. The van der Waals surface area contributed by atoms with E-state index in [9.17, 15) is 0 Å². The summed E-state index contributed by atoms with van der Waals surface area (Å²) in [6, 6.07) is 5.87. The normalized spacial score (nSPS) is 11.0. The van der Waals surface area contributed by atoms with Gasteiger partial charge in [0.15, 0.2) is 5.16 Å². The van der Waals surface area contributed by atoms with Gasteiger partial charge < -0.3 is 15.0 Å². The number of rotatable bonds is 6. The molecule has 0 atom stereocenters. The van der Waals surface area contributed by atoms with Crippen LogP contribution in [0, 0.1) is 0 Å². The maximum absolute atomic E-state index is 5.49. The summed E-state index contributed by atoms with van der Waals surface area (Å²) in [5, 5.41) is 9.08. The minimum Gasteiger partial charge on any atom is -0.494 e. The summed E-state index contributed by atoms with van der Waals surface area (Å²) in [5.41, 5.74) is 2.86. The molecule has 0 spiro atoms. The van der Waals surface area contributed by atoms with Crippen molar-refractivity contribution in [3.8, 4) is 5.75 Å². The average molecular weight is 321 g/mol. The molecule has 3 rings (SSSR count). The summed E-state index contributed by atoms with van der Waals surface area (Å²) in [5.74, 6) is 1.58. The molecular weight excluding hydrogens is 306 g/mol. The van der Waals surface area contributed by atoms with Crippen LogP contribution in [0.1, 0.15) is 12.6 Å². The molecule has 0 radical (unpaired) electrons. The number of aromatic nitrogens is 4. The van der Waals surface area contributed by atoms with E-state index in [0.717, 1.165) is 38.4 Å². The van der Waals surface area contributed by atoms with Gasteiger partial charge in [-0.25, -0.2) is 4.98 Å². The number of nitrogens with zero attached hydrogens (tertiary/aromatic N) is 3. The third kappa shape index (κ3) is 3.11. The Kier molecular flexibility index (Phi) is 4.26. The first-order valence-electron chi connectivity index (χ1n) is 6.54. The molecule has 3 aromatic rings. The zero-order chi connectivity index (χ0) is 14.7. The third-order valence-corrected chi connectivity index (χ3v) is 4.54. The monoisotopic (exact) mass is 321 g/mol. The summed E-state index contributed by atoms with van der Waals surface area (Å²) >= 11 is 2.97. The molecule has 6 nitrogen and oxygen atoms in total. The van der Waals surface area contributed by atoms with Crippen molar-refractivity contribution in [1.82, 2.24) is 19.6 Å². The van der Waals surface area contributed by atoms with Crippen LogP contribution >= 0.6 is 23.3 Å². The zero-order valence-corrected chi connectivity index (χ0v) is 13.3. The standard InChI is InChI=1S/C13H15N5OS2/c1-3-19-8-4-5-9-10(6-8)16-13(15-9)20-7-11-12(14-2)21-18-17-11/h4-6,14H,3,7H2,1-2H3,(H,15,16). The molecule has 8 heteroatoms. The van der Waals surface area contributed by atoms with Gasteiger partial charge in [-0.05, 0) is 19.1 Å². The van der Waals surface area contributed by atoms with E-state index in [2.05, 4.69) is 24.9 Å². The molecule has 0 fully saturated rings. The van der Waals surface area contributed by atoms with Crippen LogP contribution in [0.3, 0.4) is 0 Å². The van der Waals surface area contributed by atoms with Crippen LogP contribution in [0.15, 0.2) is 23.4 Å². The summed E-state index contributed by atoms with van der Waals surface area (Å²) in [6.45, 7) is 2.63. The number of H-pyrrole nitrogens is 1. The first-order valence-corrected chi connectivity index (χ1v) is 8.30.